The molecule has 0 aliphatic rings. The summed E-state index contributed by atoms with van der Waals surface area (Å²) in [5.74, 6) is 0.918. The number of carbonyl (C=O) groups excluding carboxylic acids is 1. The van der Waals surface area contributed by atoms with Crippen molar-refractivity contribution in [2.45, 2.75) is 26.7 Å². The SMILES string of the molecule is Cc1noc(C)c1C(C)CNC(=O)Nc1ccc(-c2ccn[nH]2)cc1. The summed E-state index contributed by atoms with van der Waals surface area (Å²) in [5.41, 5.74) is 4.58. The predicted octanol–water partition coefficient (Wildman–Crippen LogP) is 3.61. The predicted molar refractivity (Wildman–Crippen MR) is 95.4 cm³/mol. The number of amides is 2. The smallest absolute Gasteiger partial charge is 0.319 e. The zero-order chi connectivity index (χ0) is 17.8. The van der Waals surface area contributed by atoms with Gasteiger partial charge in [-0.2, -0.15) is 5.10 Å². The van der Waals surface area contributed by atoms with E-state index in [2.05, 4.69) is 26.0 Å². The van der Waals surface area contributed by atoms with Crippen LogP contribution in [0, 0.1) is 13.8 Å². The largest absolute Gasteiger partial charge is 0.361 e. The number of nitrogens with one attached hydrogen (secondary N) is 3. The fourth-order valence-electron chi connectivity index (χ4n) is 2.87. The molecule has 2 aromatic heterocycles. The monoisotopic (exact) mass is 339 g/mol. The highest BCUT2D eigenvalue weighted by atomic mass is 16.5. The fourth-order valence-corrected chi connectivity index (χ4v) is 2.87. The van der Waals surface area contributed by atoms with Gasteiger partial charge in [-0.05, 0) is 37.6 Å². The maximum atomic E-state index is 12.1. The van der Waals surface area contributed by atoms with E-state index < -0.39 is 0 Å². The fraction of sp³-hybridized carbons (Fsp3) is 0.278. The molecular weight excluding hydrogens is 318 g/mol. The third-order valence-corrected chi connectivity index (χ3v) is 4.10. The number of hydrogen-bond acceptors (Lipinski definition) is 4. The molecule has 0 aliphatic heterocycles. The molecule has 130 valence electrons. The number of urea groups is 1. The molecule has 0 fully saturated rings. The van der Waals surface area contributed by atoms with Crippen LogP contribution in [0.25, 0.3) is 11.3 Å². The number of aryl methyl sites for hydroxylation is 2. The van der Waals surface area contributed by atoms with Crippen LogP contribution in [0.15, 0.2) is 41.1 Å². The Labute approximate surface area is 145 Å². The minimum Gasteiger partial charge on any atom is -0.361 e. The van der Waals surface area contributed by atoms with Gasteiger partial charge in [0.15, 0.2) is 0 Å². The van der Waals surface area contributed by atoms with Crippen molar-refractivity contribution >= 4 is 11.7 Å². The summed E-state index contributed by atoms with van der Waals surface area (Å²) in [5, 5.41) is 16.5. The Hall–Kier alpha value is -3.09. The van der Waals surface area contributed by atoms with Crippen LogP contribution >= 0.6 is 0 Å². The van der Waals surface area contributed by atoms with Crippen LogP contribution in [0.5, 0.6) is 0 Å². The highest BCUT2D eigenvalue weighted by molar-refractivity contribution is 5.89. The molecule has 0 saturated carbocycles. The highest BCUT2D eigenvalue weighted by Crippen LogP contribution is 2.22. The van der Waals surface area contributed by atoms with Crippen LogP contribution < -0.4 is 10.6 Å². The minimum atomic E-state index is -0.243. The van der Waals surface area contributed by atoms with Gasteiger partial charge < -0.3 is 15.2 Å². The summed E-state index contributed by atoms with van der Waals surface area (Å²) >= 11 is 0. The lowest BCUT2D eigenvalue weighted by molar-refractivity contribution is 0.251. The first-order valence-electron chi connectivity index (χ1n) is 8.12. The number of aromatic nitrogens is 3. The molecule has 0 aliphatic carbocycles. The molecule has 7 nitrogen and oxygen atoms in total. The van der Waals surface area contributed by atoms with Crippen molar-refractivity contribution in [1.29, 1.82) is 0 Å². The molecule has 0 saturated heterocycles. The number of rotatable bonds is 5. The van der Waals surface area contributed by atoms with E-state index in [1.165, 1.54) is 0 Å². The second kappa shape index (κ2) is 7.21. The number of nitrogens with zero attached hydrogens (tertiary/aromatic N) is 2. The van der Waals surface area contributed by atoms with Gasteiger partial charge in [0.1, 0.15) is 5.76 Å². The molecule has 25 heavy (non-hydrogen) atoms. The van der Waals surface area contributed by atoms with Gasteiger partial charge in [-0.3, -0.25) is 5.10 Å². The van der Waals surface area contributed by atoms with Gasteiger partial charge >= 0.3 is 6.03 Å². The quantitative estimate of drug-likeness (QED) is 0.661. The van der Waals surface area contributed by atoms with Gasteiger partial charge in [-0.25, -0.2) is 4.79 Å². The Morgan fingerprint density at radius 1 is 1.24 bits per heavy atom. The molecule has 1 atom stereocenters. The normalized spacial score (nSPS) is 12.0. The number of benzene rings is 1. The number of aromatic amines is 1. The van der Waals surface area contributed by atoms with Crippen molar-refractivity contribution in [1.82, 2.24) is 20.7 Å². The first kappa shape index (κ1) is 16.8. The second-order valence-corrected chi connectivity index (χ2v) is 6.02. The molecule has 1 aromatic carbocycles. The molecule has 2 heterocycles. The average molecular weight is 339 g/mol. The molecule has 0 bridgehead atoms. The standard InChI is InChI=1S/C18H21N5O2/c1-11(17-12(2)23-25-13(17)3)10-19-18(24)21-15-6-4-14(5-7-15)16-8-9-20-22-16/h4-9,11H,10H2,1-3H3,(H,20,22)(H2,19,21,24). The summed E-state index contributed by atoms with van der Waals surface area (Å²) in [6.45, 7) is 6.32. The Morgan fingerprint density at radius 2 is 2.00 bits per heavy atom. The Bertz CT molecular complexity index is 817. The van der Waals surface area contributed by atoms with Crippen LogP contribution in [-0.4, -0.2) is 27.9 Å². The van der Waals surface area contributed by atoms with E-state index in [1.54, 1.807) is 6.20 Å². The summed E-state index contributed by atoms with van der Waals surface area (Å²) in [6.07, 6.45) is 1.70. The minimum absolute atomic E-state index is 0.125. The van der Waals surface area contributed by atoms with Crippen molar-refractivity contribution in [3.05, 3.63) is 53.5 Å². The molecular formula is C18H21N5O2. The number of carbonyl (C=O) groups is 1. The first-order chi connectivity index (χ1) is 12.0. The molecule has 0 radical (unpaired) electrons. The molecule has 0 spiro atoms. The molecule has 1 unspecified atom stereocenters. The molecule has 3 aromatic rings. The topological polar surface area (TPSA) is 95.8 Å². The number of anilines is 1. The maximum Gasteiger partial charge on any atom is 0.319 e. The highest BCUT2D eigenvalue weighted by Gasteiger charge is 2.17. The Morgan fingerprint density at radius 3 is 2.60 bits per heavy atom. The van der Waals surface area contributed by atoms with Gasteiger partial charge in [0.05, 0.1) is 11.4 Å². The van der Waals surface area contributed by atoms with E-state index in [-0.39, 0.29) is 11.9 Å². The Balaban J connectivity index is 1.54. The zero-order valence-corrected chi connectivity index (χ0v) is 14.5. The summed E-state index contributed by atoms with van der Waals surface area (Å²) < 4.78 is 5.18. The molecule has 3 rings (SSSR count). The molecule has 3 N–H and O–H groups in total. The van der Waals surface area contributed by atoms with Crippen LogP contribution in [0.4, 0.5) is 10.5 Å². The number of hydrogen-bond donors (Lipinski definition) is 3. The van der Waals surface area contributed by atoms with Crippen LogP contribution in [0.3, 0.4) is 0 Å². The lowest BCUT2D eigenvalue weighted by Crippen LogP contribution is -2.31. The summed E-state index contributed by atoms with van der Waals surface area (Å²) in [7, 11) is 0. The van der Waals surface area contributed by atoms with E-state index >= 15 is 0 Å². The number of H-pyrrole nitrogens is 1. The van der Waals surface area contributed by atoms with Gasteiger partial charge in [0.2, 0.25) is 0 Å². The van der Waals surface area contributed by atoms with Gasteiger partial charge in [0, 0.05) is 29.9 Å². The third-order valence-electron chi connectivity index (χ3n) is 4.10. The second-order valence-electron chi connectivity index (χ2n) is 6.02. The first-order valence-corrected chi connectivity index (χ1v) is 8.12. The van der Waals surface area contributed by atoms with Gasteiger partial charge in [-0.1, -0.05) is 24.2 Å². The van der Waals surface area contributed by atoms with Crippen LogP contribution in [-0.2, 0) is 0 Å². The van der Waals surface area contributed by atoms with Crippen LogP contribution in [0.2, 0.25) is 0 Å². The lowest BCUT2D eigenvalue weighted by Gasteiger charge is -2.13. The van der Waals surface area contributed by atoms with E-state index in [1.807, 2.05) is 51.1 Å². The van der Waals surface area contributed by atoms with Crippen LogP contribution in [0.1, 0.15) is 29.9 Å². The van der Waals surface area contributed by atoms with E-state index in [9.17, 15) is 4.79 Å². The zero-order valence-electron chi connectivity index (χ0n) is 14.5. The maximum absolute atomic E-state index is 12.1. The van der Waals surface area contributed by atoms with Crippen molar-refractivity contribution in [2.75, 3.05) is 11.9 Å². The molecule has 7 heteroatoms. The average Bonchev–Trinajstić information content (AvgIpc) is 3.24. The van der Waals surface area contributed by atoms with Gasteiger partial charge in [-0.15, -0.1) is 0 Å². The van der Waals surface area contributed by atoms with Gasteiger partial charge in [0.25, 0.3) is 0 Å². The van der Waals surface area contributed by atoms with Crippen molar-refractivity contribution in [2.24, 2.45) is 0 Å². The van der Waals surface area contributed by atoms with E-state index in [4.69, 9.17) is 4.52 Å². The third kappa shape index (κ3) is 3.88. The Kier molecular flexibility index (Phi) is 4.83. The van der Waals surface area contributed by atoms with E-state index in [0.29, 0.717) is 6.54 Å². The lowest BCUT2D eigenvalue weighted by atomic mass is 10.00. The van der Waals surface area contributed by atoms with Crippen molar-refractivity contribution in [3.8, 4) is 11.3 Å². The van der Waals surface area contributed by atoms with Crippen molar-refractivity contribution in [3.63, 3.8) is 0 Å². The summed E-state index contributed by atoms with van der Waals surface area (Å²) in [4.78, 5) is 12.1. The molecule has 2 amide bonds. The summed E-state index contributed by atoms with van der Waals surface area (Å²) in [6, 6.07) is 9.21. The van der Waals surface area contributed by atoms with Crippen molar-refractivity contribution < 1.29 is 9.32 Å². The van der Waals surface area contributed by atoms with E-state index in [0.717, 1.165) is 34.0 Å².